The van der Waals surface area contributed by atoms with Crippen LogP contribution in [-0.4, -0.2) is 5.91 Å². The SMILES string of the molecule is Cc1ccc(/C=C(\C#N)C(=O)Nc2ccccc2F)s1. The molecule has 100 valence electrons. The van der Waals surface area contributed by atoms with Crippen LogP contribution in [0.2, 0.25) is 0 Å². The Morgan fingerprint density at radius 3 is 2.70 bits per heavy atom. The third kappa shape index (κ3) is 3.31. The van der Waals surface area contributed by atoms with Crippen LogP contribution < -0.4 is 5.32 Å². The first kappa shape index (κ1) is 14.0. The number of aryl methyl sites for hydroxylation is 1. The van der Waals surface area contributed by atoms with Crippen LogP contribution in [0.3, 0.4) is 0 Å². The molecule has 5 heteroatoms. The first-order chi connectivity index (χ1) is 9.60. The Labute approximate surface area is 120 Å². The van der Waals surface area contributed by atoms with E-state index >= 15 is 0 Å². The Morgan fingerprint density at radius 2 is 2.10 bits per heavy atom. The Morgan fingerprint density at radius 1 is 1.35 bits per heavy atom. The van der Waals surface area contributed by atoms with Crippen molar-refractivity contribution in [3.05, 3.63) is 57.5 Å². The van der Waals surface area contributed by atoms with Crippen molar-refractivity contribution in [2.24, 2.45) is 0 Å². The van der Waals surface area contributed by atoms with E-state index in [4.69, 9.17) is 5.26 Å². The van der Waals surface area contributed by atoms with Crippen LogP contribution in [0.5, 0.6) is 0 Å². The molecule has 2 rings (SSSR count). The van der Waals surface area contributed by atoms with Gasteiger partial charge in [0.15, 0.2) is 0 Å². The molecule has 0 atom stereocenters. The molecule has 0 aliphatic heterocycles. The number of nitrogens with one attached hydrogen (secondary N) is 1. The van der Waals surface area contributed by atoms with Gasteiger partial charge in [-0.15, -0.1) is 11.3 Å². The van der Waals surface area contributed by atoms with E-state index in [-0.39, 0.29) is 11.3 Å². The van der Waals surface area contributed by atoms with Crippen LogP contribution in [0.25, 0.3) is 6.08 Å². The molecule has 0 bridgehead atoms. The van der Waals surface area contributed by atoms with E-state index in [9.17, 15) is 9.18 Å². The molecular weight excluding hydrogens is 275 g/mol. The van der Waals surface area contributed by atoms with Gasteiger partial charge in [-0.1, -0.05) is 12.1 Å². The lowest BCUT2D eigenvalue weighted by Crippen LogP contribution is -2.14. The molecule has 0 fully saturated rings. The summed E-state index contributed by atoms with van der Waals surface area (Å²) in [6.45, 7) is 1.94. The Kier molecular flexibility index (Phi) is 4.28. The van der Waals surface area contributed by atoms with Gasteiger partial charge in [0.25, 0.3) is 5.91 Å². The average molecular weight is 286 g/mol. The highest BCUT2D eigenvalue weighted by Crippen LogP contribution is 2.19. The number of nitrogens with zero attached hydrogens (tertiary/aromatic N) is 1. The standard InChI is InChI=1S/C15H11FN2OS/c1-10-6-7-12(20-10)8-11(9-17)15(19)18-14-5-3-2-4-13(14)16/h2-8H,1H3,(H,18,19)/b11-8+. The van der Waals surface area contributed by atoms with Gasteiger partial charge in [-0.05, 0) is 37.3 Å². The number of nitriles is 1. The number of hydrogen-bond donors (Lipinski definition) is 1. The van der Waals surface area contributed by atoms with Gasteiger partial charge < -0.3 is 5.32 Å². The summed E-state index contributed by atoms with van der Waals surface area (Å²) >= 11 is 1.48. The number of amides is 1. The summed E-state index contributed by atoms with van der Waals surface area (Å²) in [5, 5.41) is 11.4. The summed E-state index contributed by atoms with van der Waals surface area (Å²) in [7, 11) is 0. The maximum absolute atomic E-state index is 13.4. The predicted molar refractivity (Wildman–Crippen MR) is 77.7 cm³/mol. The lowest BCUT2D eigenvalue weighted by Gasteiger charge is -2.04. The molecule has 1 N–H and O–H groups in total. The lowest BCUT2D eigenvalue weighted by atomic mass is 10.2. The summed E-state index contributed by atoms with van der Waals surface area (Å²) in [6.07, 6.45) is 1.49. The van der Waals surface area contributed by atoms with Crippen LogP contribution in [-0.2, 0) is 4.79 Å². The zero-order valence-electron chi connectivity index (χ0n) is 10.7. The highest BCUT2D eigenvalue weighted by molar-refractivity contribution is 7.12. The van der Waals surface area contributed by atoms with Gasteiger partial charge in [-0.2, -0.15) is 5.26 Å². The van der Waals surface area contributed by atoms with Crippen molar-refractivity contribution in [3.63, 3.8) is 0 Å². The number of hydrogen-bond acceptors (Lipinski definition) is 3. The van der Waals surface area contributed by atoms with E-state index in [0.29, 0.717) is 0 Å². The summed E-state index contributed by atoms with van der Waals surface area (Å²) in [5.41, 5.74) is -0.00360. The minimum atomic E-state index is -0.622. The van der Waals surface area contributed by atoms with Gasteiger partial charge in [0, 0.05) is 9.75 Å². The van der Waals surface area contributed by atoms with E-state index in [1.165, 1.54) is 35.6 Å². The largest absolute Gasteiger partial charge is 0.319 e. The zero-order valence-corrected chi connectivity index (χ0v) is 11.5. The van der Waals surface area contributed by atoms with Gasteiger partial charge in [-0.3, -0.25) is 4.79 Å². The first-order valence-electron chi connectivity index (χ1n) is 5.84. The molecule has 1 heterocycles. The van der Waals surface area contributed by atoms with E-state index in [2.05, 4.69) is 5.32 Å². The fourth-order valence-electron chi connectivity index (χ4n) is 1.57. The van der Waals surface area contributed by atoms with Crippen LogP contribution in [0.1, 0.15) is 9.75 Å². The fraction of sp³-hybridized carbons (Fsp3) is 0.0667. The van der Waals surface area contributed by atoms with Crippen LogP contribution >= 0.6 is 11.3 Å². The maximum Gasteiger partial charge on any atom is 0.266 e. The molecule has 2 aromatic rings. The van der Waals surface area contributed by atoms with Crippen LogP contribution in [0.4, 0.5) is 10.1 Å². The third-order valence-corrected chi connectivity index (χ3v) is 3.48. The summed E-state index contributed by atoms with van der Waals surface area (Å²) in [6, 6.07) is 11.4. The van der Waals surface area contributed by atoms with Crippen molar-refractivity contribution in [1.82, 2.24) is 0 Å². The highest BCUT2D eigenvalue weighted by Gasteiger charge is 2.12. The number of benzene rings is 1. The van der Waals surface area contributed by atoms with Gasteiger partial charge in [0.1, 0.15) is 17.5 Å². The molecular formula is C15H11FN2OS. The van der Waals surface area contributed by atoms with E-state index in [1.807, 2.05) is 25.1 Å². The predicted octanol–water partition coefficient (Wildman–Crippen LogP) is 3.74. The van der Waals surface area contributed by atoms with Crippen molar-refractivity contribution < 1.29 is 9.18 Å². The van der Waals surface area contributed by atoms with Crippen molar-refractivity contribution >= 4 is 29.0 Å². The summed E-state index contributed by atoms with van der Waals surface area (Å²) in [4.78, 5) is 13.8. The fourth-order valence-corrected chi connectivity index (χ4v) is 2.39. The van der Waals surface area contributed by atoms with Crippen molar-refractivity contribution in [1.29, 1.82) is 5.26 Å². The van der Waals surface area contributed by atoms with Crippen molar-refractivity contribution in [3.8, 4) is 6.07 Å². The molecule has 3 nitrogen and oxygen atoms in total. The number of carbonyl (C=O) groups is 1. The van der Waals surface area contributed by atoms with Gasteiger partial charge in [0.05, 0.1) is 5.69 Å². The zero-order chi connectivity index (χ0) is 14.5. The molecule has 0 aliphatic rings. The third-order valence-electron chi connectivity index (χ3n) is 2.53. The maximum atomic E-state index is 13.4. The average Bonchev–Trinajstić information content (AvgIpc) is 2.84. The molecule has 0 saturated heterocycles. The first-order valence-corrected chi connectivity index (χ1v) is 6.66. The van der Waals surface area contributed by atoms with Gasteiger partial charge in [-0.25, -0.2) is 4.39 Å². The number of para-hydroxylation sites is 1. The van der Waals surface area contributed by atoms with E-state index in [0.717, 1.165) is 9.75 Å². The minimum Gasteiger partial charge on any atom is -0.319 e. The number of anilines is 1. The molecule has 0 spiro atoms. The molecule has 1 aromatic carbocycles. The number of thiophene rings is 1. The number of carbonyl (C=O) groups excluding carboxylic acids is 1. The smallest absolute Gasteiger partial charge is 0.266 e. The minimum absolute atomic E-state index is 0.0565. The van der Waals surface area contributed by atoms with Crippen LogP contribution in [0.15, 0.2) is 42.0 Å². The molecule has 0 saturated carbocycles. The molecule has 20 heavy (non-hydrogen) atoms. The number of halogens is 1. The normalized spacial score (nSPS) is 10.9. The quantitative estimate of drug-likeness (QED) is 0.690. The topological polar surface area (TPSA) is 52.9 Å². The lowest BCUT2D eigenvalue weighted by molar-refractivity contribution is -0.112. The summed E-state index contributed by atoms with van der Waals surface area (Å²) in [5.74, 6) is -1.16. The molecule has 1 amide bonds. The summed E-state index contributed by atoms with van der Waals surface area (Å²) < 4.78 is 13.4. The Bertz CT molecular complexity index is 713. The van der Waals surface area contributed by atoms with Crippen molar-refractivity contribution in [2.75, 3.05) is 5.32 Å². The van der Waals surface area contributed by atoms with Gasteiger partial charge >= 0.3 is 0 Å². The van der Waals surface area contributed by atoms with Crippen molar-refractivity contribution in [2.45, 2.75) is 6.92 Å². The Hall–Kier alpha value is -2.45. The van der Waals surface area contributed by atoms with E-state index < -0.39 is 11.7 Å². The molecule has 0 aliphatic carbocycles. The van der Waals surface area contributed by atoms with Gasteiger partial charge in [0.2, 0.25) is 0 Å². The monoisotopic (exact) mass is 286 g/mol. The molecule has 0 unspecified atom stereocenters. The molecule has 0 radical (unpaired) electrons. The highest BCUT2D eigenvalue weighted by atomic mass is 32.1. The molecule has 1 aromatic heterocycles. The van der Waals surface area contributed by atoms with Crippen LogP contribution in [0, 0.1) is 24.1 Å². The second-order valence-corrected chi connectivity index (χ2v) is 5.37. The number of rotatable bonds is 3. The Balaban J connectivity index is 2.21. The van der Waals surface area contributed by atoms with E-state index in [1.54, 1.807) is 6.07 Å². The second kappa shape index (κ2) is 6.13. The second-order valence-electron chi connectivity index (χ2n) is 4.05.